The van der Waals surface area contributed by atoms with E-state index in [1.54, 1.807) is 0 Å². The molecule has 0 bridgehead atoms. The number of esters is 1. The average molecular weight is 261 g/mol. The van der Waals surface area contributed by atoms with Gasteiger partial charge in [-0.15, -0.1) is 0 Å². The second-order valence-corrected chi connectivity index (χ2v) is 7.40. The van der Waals surface area contributed by atoms with E-state index in [9.17, 15) is 13.2 Å². The molecule has 4 atom stereocenters. The van der Waals surface area contributed by atoms with Gasteiger partial charge >= 0.3 is 5.97 Å². The van der Waals surface area contributed by atoms with Crippen LogP contribution in [-0.4, -0.2) is 44.6 Å². The predicted octanol–water partition coefficient (Wildman–Crippen LogP) is 0.103. The first-order chi connectivity index (χ1) is 7.94. The smallest absolute Gasteiger partial charge is 0.323 e. The van der Waals surface area contributed by atoms with Crippen LogP contribution < -0.4 is 5.32 Å². The Morgan fingerprint density at radius 3 is 2.71 bits per heavy atom. The van der Waals surface area contributed by atoms with E-state index in [1.807, 2.05) is 0 Å². The highest BCUT2D eigenvalue weighted by molar-refractivity contribution is 7.92. The maximum Gasteiger partial charge on any atom is 0.323 e. The number of rotatable bonds is 1. The highest BCUT2D eigenvalue weighted by Gasteiger charge is 2.45. The van der Waals surface area contributed by atoms with Crippen molar-refractivity contribution < 1.29 is 17.9 Å². The molecule has 6 heteroatoms. The molecule has 1 aliphatic carbocycles. The molecule has 2 fully saturated rings. The number of methoxy groups -OCH3 is 1. The molecule has 0 amide bonds. The highest BCUT2D eigenvalue weighted by Crippen LogP contribution is 2.32. The summed E-state index contributed by atoms with van der Waals surface area (Å²) in [6.07, 6.45) is 2.53. The summed E-state index contributed by atoms with van der Waals surface area (Å²) < 4.78 is 28.9. The van der Waals surface area contributed by atoms with Gasteiger partial charge in [0, 0.05) is 6.04 Å². The number of ether oxygens (including phenoxy) is 1. The monoisotopic (exact) mass is 261 g/mol. The quantitative estimate of drug-likeness (QED) is 0.678. The molecule has 5 nitrogen and oxygen atoms in total. The van der Waals surface area contributed by atoms with Gasteiger partial charge in [0.25, 0.3) is 0 Å². The van der Waals surface area contributed by atoms with Gasteiger partial charge in [0.05, 0.1) is 18.1 Å². The van der Waals surface area contributed by atoms with Crippen molar-refractivity contribution in [3.63, 3.8) is 0 Å². The minimum absolute atomic E-state index is 0.0888. The van der Waals surface area contributed by atoms with E-state index in [4.69, 9.17) is 0 Å². The Kier molecular flexibility index (Phi) is 3.45. The maximum absolute atomic E-state index is 12.1. The van der Waals surface area contributed by atoms with Gasteiger partial charge in [-0.25, -0.2) is 8.42 Å². The summed E-state index contributed by atoms with van der Waals surface area (Å²) in [7, 11) is -1.90. The Balaban J connectivity index is 2.19. The molecule has 1 saturated heterocycles. The van der Waals surface area contributed by atoms with Crippen LogP contribution in [0, 0.1) is 5.92 Å². The van der Waals surface area contributed by atoms with Gasteiger partial charge < -0.3 is 4.74 Å². The number of sulfone groups is 1. The van der Waals surface area contributed by atoms with Crippen molar-refractivity contribution >= 4 is 15.8 Å². The van der Waals surface area contributed by atoms with Gasteiger partial charge in [-0.05, 0) is 25.2 Å². The largest absolute Gasteiger partial charge is 0.468 e. The molecule has 17 heavy (non-hydrogen) atoms. The molecular weight excluding hydrogens is 242 g/mol. The van der Waals surface area contributed by atoms with Crippen molar-refractivity contribution in [1.82, 2.24) is 5.32 Å². The van der Waals surface area contributed by atoms with E-state index in [0.29, 0.717) is 12.3 Å². The number of hydrogen-bond acceptors (Lipinski definition) is 5. The summed E-state index contributed by atoms with van der Waals surface area (Å²) in [4.78, 5) is 11.4. The highest BCUT2D eigenvalue weighted by atomic mass is 32.2. The molecule has 0 radical (unpaired) electrons. The first-order valence-electron chi connectivity index (χ1n) is 5.99. The zero-order valence-corrected chi connectivity index (χ0v) is 11.0. The van der Waals surface area contributed by atoms with E-state index in [2.05, 4.69) is 17.0 Å². The third kappa shape index (κ3) is 2.47. The lowest BCUT2D eigenvalue weighted by molar-refractivity contribution is -0.142. The van der Waals surface area contributed by atoms with Crippen LogP contribution in [0.3, 0.4) is 0 Å². The number of hydrogen-bond donors (Lipinski definition) is 1. The summed E-state index contributed by atoms with van der Waals surface area (Å²) >= 11 is 0. The van der Waals surface area contributed by atoms with Crippen LogP contribution in [0.15, 0.2) is 0 Å². The fraction of sp³-hybridized carbons (Fsp3) is 0.909. The molecule has 2 rings (SSSR count). The van der Waals surface area contributed by atoms with Crippen molar-refractivity contribution in [1.29, 1.82) is 0 Å². The molecule has 1 saturated carbocycles. The molecule has 0 aromatic heterocycles. The lowest BCUT2D eigenvalue weighted by atomic mass is 9.86. The number of carbonyl (C=O) groups is 1. The van der Waals surface area contributed by atoms with Crippen LogP contribution in [0.25, 0.3) is 0 Å². The van der Waals surface area contributed by atoms with Crippen molar-refractivity contribution in [2.24, 2.45) is 5.92 Å². The Bertz CT molecular complexity index is 406. The van der Waals surface area contributed by atoms with Crippen LogP contribution in [0.1, 0.15) is 26.2 Å². The predicted molar refractivity (Wildman–Crippen MR) is 63.3 cm³/mol. The fourth-order valence-electron chi connectivity index (χ4n) is 2.86. The Morgan fingerprint density at radius 1 is 1.35 bits per heavy atom. The molecule has 0 aromatic rings. The van der Waals surface area contributed by atoms with Crippen molar-refractivity contribution in [2.45, 2.75) is 43.5 Å². The number of nitrogens with one attached hydrogen (secondary N) is 1. The molecule has 4 unspecified atom stereocenters. The molecule has 0 aromatic carbocycles. The summed E-state index contributed by atoms with van der Waals surface area (Å²) in [5.41, 5.74) is 0. The van der Waals surface area contributed by atoms with Gasteiger partial charge in [0.15, 0.2) is 9.84 Å². The molecular formula is C11H19NO4S. The topological polar surface area (TPSA) is 72.5 Å². The maximum atomic E-state index is 12.1. The SMILES string of the molecule is COC(=O)C1CS(=O)(=O)C2CC(C)CCC2N1. The molecule has 0 spiro atoms. The number of fused-ring (bicyclic) bond motifs is 1. The van der Waals surface area contributed by atoms with E-state index < -0.39 is 21.8 Å². The van der Waals surface area contributed by atoms with Crippen LogP contribution in [0.4, 0.5) is 0 Å². The molecule has 1 aliphatic heterocycles. The second-order valence-electron chi connectivity index (χ2n) is 5.14. The van der Waals surface area contributed by atoms with Gasteiger partial charge in [-0.2, -0.15) is 0 Å². The van der Waals surface area contributed by atoms with E-state index >= 15 is 0 Å². The molecule has 1 heterocycles. The Morgan fingerprint density at radius 2 is 2.06 bits per heavy atom. The van der Waals surface area contributed by atoms with Gasteiger partial charge in [-0.1, -0.05) is 6.92 Å². The molecule has 2 aliphatic rings. The van der Waals surface area contributed by atoms with E-state index in [1.165, 1.54) is 7.11 Å². The van der Waals surface area contributed by atoms with Gasteiger partial charge in [-0.3, -0.25) is 10.1 Å². The van der Waals surface area contributed by atoms with E-state index in [0.717, 1.165) is 12.8 Å². The summed E-state index contributed by atoms with van der Waals surface area (Å²) in [6.45, 7) is 2.08. The third-order valence-electron chi connectivity index (χ3n) is 3.82. The normalized spacial score (nSPS) is 40.4. The third-order valence-corrected chi connectivity index (χ3v) is 6.06. The van der Waals surface area contributed by atoms with Crippen molar-refractivity contribution in [3.8, 4) is 0 Å². The van der Waals surface area contributed by atoms with Crippen molar-refractivity contribution in [2.75, 3.05) is 12.9 Å². The molecule has 1 N–H and O–H groups in total. The first-order valence-corrected chi connectivity index (χ1v) is 7.71. The second kappa shape index (κ2) is 4.57. The minimum atomic E-state index is -3.18. The standard InChI is InChI=1S/C11H19NO4S/c1-7-3-4-8-10(5-7)17(14,15)6-9(12-8)11(13)16-2/h7-10,12H,3-6H2,1-2H3. The summed E-state index contributed by atoms with van der Waals surface area (Å²) in [6, 6.07) is -0.784. The van der Waals surface area contributed by atoms with Crippen LogP contribution in [-0.2, 0) is 19.4 Å². The van der Waals surface area contributed by atoms with Crippen LogP contribution >= 0.6 is 0 Å². The Hall–Kier alpha value is -0.620. The van der Waals surface area contributed by atoms with Crippen molar-refractivity contribution in [3.05, 3.63) is 0 Å². The molecule has 98 valence electrons. The Labute approximate surface area is 102 Å². The lowest BCUT2D eigenvalue weighted by Crippen LogP contribution is -2.61. The number of carbonyl (C=O) groups excluding carboxylic acids is 1. The summed E-state index contributed by atoms with van der Waals surface area (Å²) in [5, 5.41) is 2.80. The van der Waals surface area contributed by atoms with E-state index in [-0.39, 0.29) is 17.0 Å². The average Bonchev–Trinajstić information content (AvgIpc) is 2.28. The summed E-state index contributed by atoms with van der Waals surface area (Å²) in [5.74, 6) is -0.166. The lowest BCUT2D eigenvalue weighted by Gasteiger charge is -2.40. The minimum Gasteiger partial charge on any atom is -0.468 e. The van der Waals surface area contributed by atoms with Crippen LogP contribution in [0.5, 0.6) is 0 Å². The first kappa shape index (κ1) is 12.8. The van der Waals surface area contributed by atoms with Gasteiger partial charge in [0.2, 0.25) is 0 Å². The van der Waals surface area contributed by atoms with Gasteiger partial charge in [0.1, 0.15) is 6.04 Å². The zero-order valence-electron chi connectivity index (χ0n) is 10.2. The fourth-order valence-corrected chi connectivity index (χ4v) is 5.14. The zero-order chi connectivity index (χ0) is 12.6. The van der Waals surface area contributed by atoms with Crippen LogP contribution in [0.2, 0.25) is 0 Å².